The number of unbranched alkanes of at least 4 members (excludes halogenated alkanes) is 3. The first-order valence-corrected chi connectivity index (χ1v) is 10.7. The summed E-state index contributed by atoms with van der Waals surface area (Å²) in [6, 6.07) is 10.6. The van der Waals surface area contributed by atoms with Gasteiger partial charge in [-0.1, -0.05) is 63.4 Å². The second-order valence-corrected chi connectivity index (χ2v) is 8.19. The molecule has 1 aliphatic heterocycles. The first-order chi connectivity index (χ1) is 12.6. The van der Waals surface area contributed by atoms with E-state index in [-0.39, 0.29) is 10.8 Å². The lowest BCUT2D eigenvalue weighted by atomic mass is 9.84. The van der Waals surface area contributed by atoms with Gasteiger partial charge in [-0.05, 0) is 38.3 Å². The van der Waals surface area contributed by atoms with Crippen LogP contribution in [0.2, 0.25) is 0 Å². The molecule has 0 bridgehead atoms. The lowest BCUT2D eigenvalue weighted by Gasteiger charge is -2.30. The van der Waals surface area contributed by atoms with E-state index in [0.717, 1.165) is 43.7 Å². The monoisotopic (exact) mass is 373 g/mol. The van der Waals surface area contributed by atoms with Gasteiger partial charge in [0.15, 0.2) is 0 Å². The number of para-hydroxylation sites is 2. The van der Waals surface area contributed by atoms with E-state index in [0.29, 0.717) is 0 Å². The SMILES string of the molecule is CCCCCCOc1ccccc1N1N=CSC1CC(C)(C#N)CCC. The molecule has 1 aromatic carbocycles. The van der Waals surface area contributed by atoms with Crippen molar-refractivity contribution in [3.8, 4) is 11.8 Å². The van der Waals surface area contributed by atoms with Gasteiger partial charge in [0.2, 0.25) is 0 Å². The summed E-state index contributed by atoms with van der Waals surface area (Å²) in [6.07, 6.45) is 7.47. The third-order valence-electron chi connectivity index (χ3n) is 4.73. The highest BCUT2D eigenvalue weighted by atomic mass is 32.2. The van der Waals surface area contributed by atoms with E-state index in [1.54, 1.807) is 11.8 Å². The van der Waals surface area contributed by atoms with E-state index < -0.39 is 0 Å². The number of ether oxygens (including phenoxy) is 1. The van der Waals surface area contributed by atoms with Gasteiger partial charge in [-0.3, -0.25) is 0 Å². The van der Waals surface area contributed by atoms with Crippen LogP contribution >= 0.6 is 11.8 Å². The minimum absolute atomic E-state index is 0.135. The summed E-state index contributed by atoms with van der Waals surface area (Å²) in [5.74, 6) is 0.878. The van der Waals surface area contributed by atoms with Gasteiger partial charge in [0.05, 0.1) is 23.6 Å². The molecule has 0 amide bonds. The largest absolute Gasteiger partial charge is 0.491 e. The summed E-state index contributed by atoms with van der Waals surface area (Å²) < 4.78 is 6.06. The topological polar surface area (TPSA) is 48.6 Å². The van der Waals surface area contributed by atoms with E-state index in [1.165, 1.54) is 19.3 Å². The molecule has 5 heteroatoms. The highest BCUT2D eigenvalue weighted by Crippen LogP contribution is 2.41. The number of thioether (sulfide) groups is 1. The van der Waals surface area contributed by atoms with Crippen molar-refractivity contribution in [2.75, 3.05) is 11.6 Å². The fourth-order valence-corrected chi connectivity index (χ4v) is 4.30. The number of benzene rings is 1. The highest BCUT2D eigenvalue weighted by Gasteiger charge is 2.34. The molecule has 0 spiro atoms. The zero-order chi connectivity index (χ0) is 18.8. The van der Waals surface area contributed by atoms with Gasteiger partial charge in [-0.15, -0.1) is 0 Å². The summed E-state index contributed by atoms with van der Waals surface area (Å²) in [6.45, 7) is 7.14. The number of hydrogen-bond acceptors (Lipinski definition) is 5. The van der Waals surface area contributed by atoms with E-state index in [9.17, 15) is 5.26 Å². The van der Waals surface area contributed by atoms with Crippen LogP contribution in [0.25, 0.3) is 0 Å². The van der Waals surface area contributed by atoms with Crippen molar-refractivity contribution in [1.82, 2.24) is 0 Å². The molecule has 1 aliphatic rings. The normalized spacial score (nSPS) is 18.5. The Hall–Kier alpha value is -1.67. The average Bonchev–Trinajstić information content (AvgIpc) is 3.09. The van der Waals surface area contributed by atoms with Gasteiger partial charge in [0.25, 0.3) is 0 Å². The van der Waals surface area contributed by atoms with E-state index in [1.807, 2.05) is 28.8 Å². The van der Waals surface area contributed by atoms with Crippen molar-refractivity contribution < 1.29 is 4.74 Å². The maximum absolute atomic E-state index is 9.63. The second kappa shape index (κ2) is 10.5. The molecule has 142 valence electrons. The third kappa shape index (κ3) is 5.67. The van der Waals surface area contributed by atoms with Crippen molar-refractivity contribution in [2.45, 2.75) is 71.1 Å². The standard InChI is InChI=1S/C21H31N3OS/c1-4-6-7-10-14-25-19-12-9-8-11-18(19)24-20(26-17-23-24)15-21(3,16-22)13-5-2/h8-9,11-12,17,20H,4-7,10,13-15H2,1-3H3. The Morgan fingerprint density at radius 3 is 2.77 bits per heavy atom. The van der Waals surface area contributed by atoms with Crippen molar-refractivity contribution in [2.24, 2.45) is 10.5 Å². The van der Waals surface area contributed by atoms with Gasteiger partial charge < -0.3 is 4.74 Å². The van der Waals surface area contributed by atoms with Gasteiger partial charge in [0.1, 0.15) is 16.8 Å². The summed E-state index contributed by atoms with van der Waals surface area (Å²) in [5.41, 5.74) is 2.55. The first kappa shape index (κ1) is 20.6. The number of anilines is 1. The predicted octanol–water partition coefficient (Wildman–Crippen LogP) is 6.19. The Bertz CT molecular complexity index is 628. The minimum Gasteiger partial charge on any atom is -0.491 e. The lowest BCUT2D eigenvalue weighted by Crippen LogP contribution is -2.30. The molecule has 2 atom stereocenters. The Balaban J connectivity index is 2.06. The number of rotatable bonds is 11. The maximum Gasteiger partial charge on any atom is 0.144 e. The lowest BCUT2D eigenvalue weighted by molar-refractivity contribution is 0.304. The van der Waals surface area contributed by atoms with Gasteiger partial charge >= 0.3 is 0 Å². The maximum atomic E-state index is 9.63. The van der Waals surface area contributed by atoms with Gasteiger partial charge in [-0.2, -0.15) is 10.4 Å². The fourth-order valence-electron chi connectivity index (χ4n) is 3.25. The first-order valence-electron chi connectivity index (χ1n) is 9.73. The summed E-state index contributed by atoms with van der Waals surface area (Å²) in [7, 11) is 0. The molecule has 2 unspecified atom stereocenters. The van der Waals surface area contributed by atoms with Crippen LogP contribution in [0, 0.1) is 16.7 Å². The summed E-state index contributed by atoms with van der Waals surface area (Å²) in [4.78, 5) is 0. The Morgan fingerprint density at radius 2 is 2.04 bits per heavy atom. The molecule has 1 aromatic rings. The Labute approximate surface area is 162 Å². The molecule has 0 aromatic heterocycles. The van der Waals surface area contributed by atoms with Crippen molar-refractivity contribution in [1.29, 1.82) is 5.26 Å². The summed E-state index contributed by atoms with van der Waals surface area (Å²) >= 11 is 1.68. The van der Waals surface area contributed by atoms with Crippen LogP contribution in [0.4, 0.5) is 5.69 Å². The van der Waals surface area contributed by atoms with Crippen LogP contribution in [0.3, 0.4) is 0 Å². The second-order valence-electron chi connectivity index (χ2n) is 7.16. The molecule has 4 nitrogen and oxygen atoms in total. The van der Waals surface area contributed by atoms with Crippen LogP contribution in [-0.2, 0) is 0 Å². The zero-order valence-corrected chi connectivity index (χ0v) is 17.1. The Morgan fingerprint density at radius 1 is 1.23 bits per heavy atom. The molecule has 1 heterocycles. The molecule has 0 saturated heterocycles. The van der Waals surface area contributed by atoms with Gasteiger partial charge in [0, 0.05) is 0 Å². The molecular formula is C21H31N3OS. The van der Waals surface area contributed by atoms with Gasteiger partial charge in [-0.25, -0.2) is 5.01 Å². The average molecular weight is 374 g/mol. The molecule has 0 saturated carbocycles. The molecule has 0 aliphatic carbocycles. The minimum atomic E-state index is -0.325. The fraction of sp³-hybridized carbons (Fsp3) is 0.619. The van der Waals surface area contributed by atoms with Crippen LogP contribution < -0.4 is 9.75 Å². The number of hydrazone groups is 1. The van der Waals surface area contributed by atoms with E-state index in [4.69, 9.17) is 4.74 Å². The zero-order valence-electron chi connectivity index (χ0n) is 16.3. The number of hydrogen-bond donors (Lipinski definition) is 0. The molecule has 26 heavy (non-hydrogen) atoms. The molecule has 2 rings (SSSR count). The molecule has 0 N–H and O–H groups in total. The summed E-state index contributed by atoms with van der Waals surface area (Å²) in [5, 5.41) is 16.4. The van der Waals surface area contributed by atoms with E-state index in [2.05, 4.69) is 38.0 Å². The number of nitrogens with zero attached hydrogens (tertiary/aromatic N) is 3. The molecule has 0 fully saturated rings. The van der Waals surface area contributed by atoms with Crippen LogP contribution in [-0.4, -0.2) is 17.5 Å². The Kier molecular flexibility index (Phi) is 8.31. The van der Waals surface area contributed by atoms with Crippen LogP contribution in [0.1, 0.15) is 65.7 Å². The third-order valence-corrected chi connectivity index (χ3v) is 5.62. The van der Waals surface area contributed by atoms with Crippen LogP contribution in [0.5, 0.6) is 5.75 Å². The number of nitriles is 1. The molecule has 0 radical (unpaired) electrons. The highest BCUT2D eigenvalue weighted by molar-refractivity contribution is 8.13. The quantitative estimate of drug-likeness (QED) is 0.434. The van der Waals surface area contributed by atoms with Crippen molar-refractivity contribution >= 4 is 23.0 Å². The molecular weight excluding hydrogens is 342 g/mol. The predicted molar refractivity (Wildman–Crippen MR) is 112 cm³/mol. The van der Waals surface area contributed by atoms with Crippen molar-refractivity contribution in [3.63, 3.8) is 0 Å². The van der Waals surface area contributed by atoms with Crippen molar-refractivity contribution in [3.05, 3.63) is 24.3 Å². The van der Waals surface area contributed by atoms with Crippen LogP contribution in [0.15, 0.2) is 29.4 Å². The van der Waals surface area contributed by atoms with E-state index >= 15 is 0 Å². The smallest absolute Gasteiger partial charge is 0.144 e.